The number of hydrogen-bond donors (Lipinski definition) is 1. The molecule has 1 amide bonds. The van der Waals surface area contributed by atoms with Crippen molar-refractivity contribution in [2.45, 2.75) is 25.6 Å². The Hall–Kier alpha value is -2.19. The largest absolute Gasteiger partial charge is 0.484 e. The molecule has 178 valence electrons. The first-order chi connectivity index (χ1) is 16.0. The van der Waals surface area contributed by atoms with Gasteiger partial charge in [0.2, 0.25) is 0 Å². The van der Waals surface area contributed by atoms with Crippen LogP contribution < -0.4 is 10.1 Å². The van der Waals surface area contributed by atoms with Gasteiger partial charge in [0.15, 0.2) is 6.61 Å². The fourth-order valence-electron chi connectivity index (χ4n) is 4.60. The van der Waals surface area contributed by atoms with Crippen LogP contribution in [0.1, 0.15) is 12.5 Å². The van der Waals surface area contributed by atoms with E-state index in [2.05, 4.69) is 22.0 Å². The molecular formula is C25H32ClFN4O2. The zero-order chi connectivity index (χ0) is 23.2. The summed E-state index contributed by atoms with van der Waals surface area (Å²) in [5, 5.41) is 4.03. The van der Waals surface area contributed by atoms with Crippen molar-refractivity contribution in [3.63, 3.8) is 0 Å². The molecule has 0 radical (unpaired) electrons. The molecule has 0 spiro atoms. The molecule has 2 fully saturated rings. The molecule has 2 aromatic carbocycles. The lowest BCUT2D eigenvalue weighted by Gasteiger charge is -2.47. The molecule has 2 aliphatic rings. The van der Waals surface area contributed by atoms with Crippen molar-refractivity contribution in [1.29, 1.82) is 0 Å². The van der Waals surface area contributed by atoms with E-state index in [4.69, 9.17) is 16.3 Å². The van der Waals surface area contributed by atoms with Gasteiger partial charge in [0.05, 0.1) is 0 Å². The maximum absolute atomic E-state index is 13.4. The highest BCUT2D eigenvalue weighted by Gasteiger charge is 2.35. The van der Waals surface area contributed by atoms with Crippen molar-refractivity contribution in [1.82, 2.24) is 20.0 Å². The molecule has 6 nitrogen and oxygen atoms in total. The molecule has 2 heterocycles. The van der Waals surface area contributed by atoms with E-state index in [1.807, 2.05) is 17.0 Å². The van der Waals surface area contributed by atoms with Gasteiger partial charge in [-0.05, 0) is 48.9 Å². The highest BCUT2D eigenvalue weighted by Crippen LogP contribution is 2.21. The van der Waals surface area contributed by atoms with Crippen molar-refractivity contribution in [2.75, 3.05) is 52.4 Å². The van der Waals surface area contributed by atoms with Crippen LogP contribution in [0, 0.1) is 5.82 Å². The number of carbonyl (C=O) groups is 1. The summed E-state index contributed by atoms with van der Waals surface area (Å²) in [5.74, 6) is 0.400. The standard InChI is InChI=1S/C25H32ClFN4O2/c1-19-14-30(15-20-2-6-22(27)7-3-20)23(16-29-12-10-28-11-13-29)17-31(19)25(32)18-33-24-8-4-21(26)5-9-24/h2-9,19,23,28H,10-18H2,1H3/t19-,23-/m1/s1. The summed E-state index contributed by atoms with van der Waals surface area (Å²) in [4.78, 5) is 19.9. The van der Waals surface area contributed by atoms with Crippen LogP contribution in [0.5, 0.6) is 5.75 Å². The minimum Gasteiger partial charge on any atom is -0.484 e. The van der Waals surface area contributed by atoms with E-state index in [9.17, 15) is 9.18 Å². The number of rotatable bonds is 7. The van der Waals surface area contributed by atoms with Gasteiger partial charge in [-0.1, -0.05) is 23.7 Å². The van der Waals surface area contributed by atoms with Gasteiger partial charge >= 0.3 is 0 Å². The fourth-order valence-corrected chi connectivity index (χ4v) is 4.72. The maximum atomic E-state index is 13.4. The van der Waals surface area contributed by atoms with Crippen LogP contribution in [-0.4, -0.2) is 85.1 Å². The second-order valence-electron chi connectivity index (χ2n) is 8.90. The molecule has 1 N–H and O–H groups in total. The smallest absolute Gasteiger partial charge is 0.260 e. The summed E-state index contributed by atoms with van der Waals surface area (Å²) >= 11 is 5.93. The Morgan fingerprint density at radius 2 is 1.79 bits per heavy atom. The Morgan fingerprint density at radius 1 is 1.09 bits per heavy atom. The molecular weight excluding hydrogens is 443 g/mol. The Kier molecular flexibility index (Phi) is 8.20. The SMILES string of the molecule is C[C@@H]1CN(Cc2ccc(F)cc2)[C@H](CN2CCNCC2)CN1C(=O)COc1ccc(Cl)cc1. The number of halogens is 2. The lowest BCUT2D eigenvalue weighted by Crippen LogP contribution is -2.62. The Balaban J connectivity index is 1.42. The predicted molar refractivity (Wildman–Crippen MR) is 128 cm³/mol. The molecule has 0 aliphatic carbocycles. The number of benzene rings is 2. The van der Waals surface area contributed by atoms with Gasteiger partial charge in [-0.2, -0.15) is 0 Å². The number of piperazine rings is 2. The first-order valence-corrected chi connectivity index (χ1v) is 11.9. The molecule has 2 saturated heterocycles. The van der Waals surface area contributed by atoms with Crippen molar-refractivity contribution in [3.8, 4) is 5.75 Å². The van der Waals surface area contributed by atoms with Gasteiger partial charge < -0.3 is 15.0 Å². The van der Waals surface area contributed by atoms with Crippen LogP contribution in [0.2, 0.25) is 5.02 Å². The zero-order valence-corrected chi connectivity index (χ0v) is 19.8. The van der Waals surface area contributed by atoms with Gasteiger partial charge in [0.1, 0.15) is 11.6 Å². The van der Waals surface area contributed by atoms with E-state index in [0.29, 0.717) is 17.3 Å². The molecule has 8 heteroatoms. The lowest BCUT2D eigenvalue weighted by atomic mass is 10.0. The van der Waals surface area contributed by atoms with Crippen LogP contribution in [0.3, 0.4) is 0 Å². The summed E-state index contributed by atoms with van der Waals surface area (Å²) in [7, 11) is 0. The average molecular weight is 475 g/mol. The van der Waals surface area contributed by atoms with E-state index < -0.39 is 0 Å². The van der Waals surface area contributed by atoms with Crippen LogP contribution in [0.15, 0.2) is 48.5 Å². The monoisotopic (exact) mass is 474 g/mol. The minimum absolute atomic E-state index is 0.00425. The second kappa shape index (κ2) is 11.3. The van der Waals surface area contributed by atoms with Crippen molar-refractivity contribution < 1.29 is 13.9 Å². The van der Waals surface area contributed by atoms with Crippen LogP contribution >= 0.6 is 11.6 Å². The molecule has 33 heavy (non-hydrogen) atoms. The highest BCUT2D eigenvalue weighted by molar-refractivity contribution is 6.30. The van der Waals surface area contributed by atoms with Gasteiger partial charge in [-0.15, -0.1) is 0 Å². The average Bonchev–Trinajstić information content (AvgIpc) is 2.82. The van der Waals surface area contributed by atoms with E-state index >= 15 is 0 Å². The molecule has 0 aromatic heterocycles. The number of ether oxygens (including phenoxy) is 1. The number of hydrogen-bond acceptors (Lipinski definition) is 5. The van der Waals surface area contributed by atoms with Gasteiger partial charge in [-0.3, -0.25) is 14.6 Å². The Morgan fingerprint density at radius 3 is 2.48 bits per heavy atom. The summed E-state index contributed by atoms with van der Waals surface area (Å²) in [6, 6.07) is 14.0. The van der Waals surface area contributed by atoms with Crippen molar-refractivity contribution in [3.05, 3.63) is 64.9 Å². The molecule has 2 aliphatic heterocycles. The number of carbonyl (C=O) groups excluding carboxylic acids is 1. The van der Waals surface area contributed by atoms with Crippen LogP contribution in [-0.2, 0) is 11.3 Å². The molecule has 4 rings (SSSR count). The minimum atomic E-state index is -0.222. The van der Waals surface area contributed by atoms with E-state index in [1.54, 1.807) is 24.3 Å². The van der Waals surface area contributed by atoms with Crippen molar-refractivity contribution in [2.24, 2.45) is 0 Å². The second-order valence-corrected chi connectivity index (χ2v) is 9.33. The summed E-state index contributed by atoms with van der Waals surface area (Å²) < 4.78 is 19.1. The fraction of sp³-hybridized carbons (Fsp3) is 0.480. The molecule has 2 aromatic rings. The van der Waals surface area contributed by atoms with Crippen molar-refractivity contribution >= 4 is 17.5 Å². The lowest BCUT2D eigenvalue weighted by molar-refractivity contribution is -0.140. The van der Waals surface area contributed by atoms with Gasteiger partial charge in [-0.25, -0.2) is 4.39 Å². The molecule has 2 atom stereocenters. The first-order valence-electron chi connectivity index (χ1n) is 11.6. The summed E-state index contributed by atoms with van der Waals surface area (Å²) in [6.45, 7) is 9.12. The third-order valence-corrected chi connectivity index (χ3v) is 6.68. The van der Waals surface area contributed by atoms with E-state index in [0.717, 1.165) is 51.4 Å². The third kappa shape index (κ3) is 6.67. The number of nitrogens with zero attached hydrogens (tertiary/aromatic N) is 3. The summed E-state index contributed by atoms with van der Waals surface area (Å²) in [6.07, 6.45) is 0. The van der Waals surface area contributed by atoms with E-state index in [1.165, 1.54) is 12.1 Å². The maximum Gasteiger partial charge on any atom is 0.260 e. The van der Waals surface area contributed by atoms with Gasteiger partial charge in [0, 0.05) is 69.5 Å². The van der Waals surface area contributed by atoms with Crippen LogP contribution in [0.25, 0.3) is 0 Å². The molecule has 0 unspecified atom stereocenters. The first kappa shape index (κ1) is 24.0. The number of nitrogens with one attached hydrogen (secondary N) is 1. The quantitative estimate of drug-likeness (QED) is 0.668. The molecule has 0 bridgehead atoms. The Labute approximate surface area is 200 Å². The normalized spacial score (nSPS) is 22.3. The predicted octanol–water partition coefficient (Wildman–Crippen LogP) is 2.86. The highest BCUT2D eigenvalue weighted by atomic mass is 35.5. The number of amides is 1. The molecule has 0 saturated carbocycles. The zero-order valence-electron chi connectivity index (χ0n) is 19.1. The van der Waals surface area contributed by atoms with Gasteiger partial charge in [0.25, 0.3) is 5.91 Å². The third-order valence-electron chi connectivity index (χ3n) is 6.43. The topological polar surface area (TPSA) is 48.0 Å². The summed E-state index contributed by atoms with van der Waals surface area (Å²) in [5.41, 5.74) is 1.08. The Bertz CT molecular complexity index is 906. The van der Waals surface area contributed by atoms with Crippen LogP contribution in [0.4, 0.5) is 4.39 Å². The van der Waals surface area contributed by atoms with E-state index in [-0.39, 0.29) is 30.4 Å².